The number of carbonyl (C=O) groups excluding carboxylic acids is 1. The van der Waals surface area contributed by atoms with Gasteiger partial charge in [0, 0.05) is 17.2 Å². The maximum Gasteiger partial charge on any atom is 0.326 e. The zero-order valence-electron chi connectivity index (χ0n) is 15.9. The summed E-state index contributed by atoms with van der Waals surface area (Å²) in [7, 11) is 0. The van der Waals surface area contributed by atoms with Crippen molar-refractivity contribution >= 4 is 33.7 Å². The van der Waals surface area contributed by atoms with Crippen LogP contribution >= 0.6 is 0 Å². The molecule has 3 aromatic carbocycles. The molecule has 0 unspecified atom stereocenters. The molecule has 0 aliphatic heterocycles. The van der Waals surface area contributed by atoms with E-state index in [-0.39, 0.29) is 6.42 Å². The highest BCUT2D eigenvalue weighted by atomic mass is 16.4. The van der Waals surface area contributed by atoms with Crippen LogP contribution in [0.25, 0.3) is 21.8 Å². The molecule has 0 aliphatic rings. The van der Waals surface area contributed by atoms with Crippen LogP contribution in [0.4, 0.5) is 0 Å². The van der Waals surface area contributed by atoms with Gasteiger partial charge in [-0.05, 0) is 29.8 Å². The molecule has 0 spiro atoms. The van der Waals surface area contributed by atoms with Gasteiger partial charge in [-0.15, -0.1) is 0 Å². The van der Waals surface area contributed by atoms with Crippen molar-refractivity contribution in [3.05, 3.63) is 89.5 Å². The van der Waals surface area contributed by atoms with Crippen molar-refractivity contribution < 1.29 is 14.7 Å². The third-order valence-electron chi connectivity index (χ3n) is 4.94. The van der Waals surface area contributed by atoms with Crippen LogP contribution in [0.2, 0.25) is 0 Å². The lowest BCUT2D eigenvalue weighted by molar-refractivity contribution is -0.139. The molecule has 6 nitrogen and oxygen atoms in total. The van der Waals surface area contributed by atoms with Crippen LogP contribution in [0.1, 0.15) is 21.5 Å². The zero-order valence-corrected chi connectivity index (χ0v) is 15.9. The van der Waals surface area contributed by atoms with Crippen LogP contribution in [0.15, 0.2) is 72.8 Å². The van der Waals surface area contributed by atoms with Crippen LogP contribution in [0.5, 0.6) is 0 Å². The molecule has 1 heterocycles. The fourth-order valence-corrected chi connectivity index (χ4v) is 3.47. The Balaban J connectivity index is 1.71. The number of nitrogens with one attached hydrogen (secondary N) is 1. The molecule has 0 aliphatic carbocycles. The lowest BCUT2D eigenvalue weighted by Gasteiger charge is -2.17. The molecule has 0 saturated heterocycles. The zero-order chi connectivity index (χ0) is 21.1. The standard InChI is InChI=1S/C24H17N3O3/c25-14-16-11-9-15(10-12-16)13-21(24(29)30)27-23(28)22-17-5-1-3-7-19(17)26-20-8-4-2-6-18(20)22/h1-12,21H,13H2,(H,27,28)(H,29,30)/t21-/m0/s1. The molecular formula is C24H17N3O3. The van der Waals surface area contributed by atoms with E-state index in [1.165, 1.54) is 0 Å². The summed E-state index contributed by atoms with van der Waals surface area (Å²) in [5, 5.41) is 22.6. The van der Waals surface area contributed by atoms with E-state index in [4.69, 9.17) is 5.26 Å². The van der Waals surface area contributed by atoms with Gasteiger partial charge >= 0.3 is 5.97 Å². The molecule has 0 radical (unpaired) electrons. The molecule has 6 heteroatoms. The molecule has 0 fully saturated rings. The number of para-hydroxylation sites is 2. The lowest BCUT2D eigenvalue weighted by atomic mass is 10.0. The Bertz CT molecular complexity index is 1250. The summed E-state index contributed by atoms with van der Waals surface area (Å²) in [6.45, 7) is 0. The summed E-state index contributed by atoms with van der Waals surface area (Å²) in [6, 6.07) is 22.1. The minimum atomic E-state index is -1.13. The van der Waals surface area contributed by atoms with E-state index in [1.807, 2.05) is 42.5 Å². The minimum absolute atomic E-state index is 0.105. The molecule has 0 saturated carbocycles. The second kappa shape index (κ2) is 8.02. The highest BCUT2D eigenvalue weighted by Crippen LogP contribution is 2.26. The van der Waals surface area contributed by atoms with Gasteiger partial charge in [0.2, 0.25) is 0 Å². The predicted molar refractivity (Wildman–Crippen MR) is 113 cm³/mol. The van der Waals surface area contributed by atoms with Crippen molar-refractivity contribution in [1.29, 1.82) is 5.26 Å². The van der Waals surface area contributed by atoms with Crippen LogP contribution in [0.3, 0.4) is 0 Å². The Morgan fingerprint density at radius 3 is 2.03 bits per heavy atom. The second-order valence-electron chi connectivity index (χ2n) is 6.90. The smallest absolute Gasteiger partial charge is 0.326 e. The summed E-state index contributed by atoms with van der Waals surface area (Å²) >= 11 is 0. The number of aromatic nitrogens is 1. The van der Waals surface area contributed by atoms with Crippen LogP contribution in [0, 0.1) is 11.3 Å². The Morgan fingerprint density at radius 1 is 0.933 bits per heavy atom. The molecule has 0 bridgehead atoms. The molecule has 1 atom stereocenters. The number of fused-ring (bicyclic) bond motifs is 2. The molecule has 1 aromatic heterocycles. The molecule has 2 N–H and O–H groups in total. The van der Waals surface area contributed by atoms with E-state index in [9.17, 15) is 14.7 Å². The number of nitrogens with zero attached hydrogens (tertiary/aromatic N) is 2. The highest BCUT2D eigenvalue weighted by Gasteiger charge is 2.24. The predicted octanol–water partition coefficient (Wildman–Crippen LogP) is 3.69. The van der Waals surface area contributed by atoms with Crippen LogP contribution < -0.4 is 5.32 Å². The summed E-state index contributed by atoms with van der Waals surface area (Å²) in [6.07, 6.45) is 0.105. The fourth-order valence-electron chi connectivity index (χ4n) is 3.47. The number of amides is 1. The Morgan fingerprint density at radius 2 is 1.50 bits per heavy atom. The third kappa shape index (κ3) is 3.69. The SMILES string of the molecule is N#Cc1ccc(C[C@H](NC(=O)c2c3ccccc3nc3ccccc23)C(=O)O)cc1. The number of carbonyl (C=O) groups is 2. The van der Waals surface area contributed by atoms with Crippen molar-refractivity contribution in [3.8, 4) is 6.07 Å². The van der Waals surface area contributed by atoms with Gasteiger partial charge < -0.3 is 10.4 Å². The molecular weight excluding hydrogens is 378 g/mol. The van der Waals surface area contributed by atoms with Crippen molar-refractivity contribution in [1.82, 2.24) is 10.3 Å². The first kappa shape index (κ1) is 19.1. The normalized spacial score (nSPS) is 11.7. The van der Waals surface area contributed by atoms with Crippen molar-refractivity contribution in [2.24, 2.45) is 0 Å². The van der Waals surface area contributed by atoms with Crippen molar-refractivity contribution in [3.63, 3.8) is 0 Å². The first-order valence-corrected chi connectivity index (χ1v) is 9.37. The quantitative estimate of drug-likeness (QED) is 0.502. The van der Waals surface area contributed by atoms with Crippen LogP contribution in [-0.4, -0.2) is 28.0 Å². The van der Waals surface area contributed by atoms with Crippen molar-refractivity contribution in [2.75, 3.05) is 0 Å². The van der Waals surface area contributed by atoms with Crippen molar-refractivity contribution in [2.45, 2.75) is 12.5 Å². The van der Waals surface area contributed by atoms with Gasteiger partial charge in [-0.2, -0.15) is 5.26 Å². The average molecular weight is 395 g/mol. The Kier molecular flexibility index (Phi) is 5.10. The van der Waals surface area contributed by atoms with Gasteiger partial charge in [-0.1, -0.05) is 48.5 Å². The van der Waals surface area contributed by atoms with Gasteiger partial charge in [0.1, 0.15) is 6.04 Å². The lowest BCUT2D eigenvalue weighted by Crippen LogP contribution is -2.42. The molecule has 30 heavy (non-hydrogen) atoms. The van der Waals surface area contributed by atoms with E-state index in [0.717, 1.165) is 0 Å². The Hall–Kier alpha value is -4.24. The number of carboxylic acids is 1. The van der Waals surface area contributed by atoms with Gasteiger partial charge in [0.05, 0.1) is 28.2 Å². The summed E-state index contributed by atoms with van der Waals surface area (Å²) < 4.78 is 0. The van der Waals surface area contributed by atoms with E-state index in [1.54, 1.807) is 36.4 Å². The average Bonchev–Trinajstić information content (AvgIpc) is 2.77. The maximum atomic E-state index is 13.2. The summed E-state index contributed by atoms with van der Waals surface area (Å²) in [5.74, 6) is -1.60. The molecule has 4 rings (SSSR count). The first-order chi connectivity index (χ1) is 14.6. The number of hydrogen-bond acceptors (Lipinski definition) is 4. The number of rotatable bonds is 5. The number of aliphatic carboxylic acids is 1. The number of benzene rings is 3. The van der Waals surface area contributed by atoms with E-state index in [0.29, 0.717) is 38.5 Å². The van der Waals surface area contributed by atoms with Gasteiger partial charge in [-0.3, -0.25) is 4.79 Å². The number of pyridine rings is 1. The van der Waals surface area contributed by atoms with E-state index in [2.05, 4.69) is 10.3 Å². The number of hydrogen-bond donors (Lipinski definition) is 2. The van der Waals surface area contributed by atoms with Gasteiger partial charge in [-0.25, -0.2) is 9.78 Å². The largest absolute Gasteiger partial charge is 0.480 e. The fraction of sp³-hybridized carbons (Fsp3) is 0.0833. The van der Waals surface area contributed by atoms with Crippen LogP contribution in [-0.2, 0) is 11.2 Å². The minimum Gasteiger partial charge on any atom is -0.480 e. The number of nitriles is 1. The maximum absolute atomic E-state index is 13.2. The van der Waals surface area contributed by atoms with Gasteiger partial charge in [0.15, 0.2) is 0 Å². The molecule has 1 amide bonds. The topological polar surface area (TPSA) is 103 Å². The highest BCUT2D eigenvalue weighted by molar-refractivity contribution is 6.16. The van der Waals surface area contributed by atoms with Gasteiger partial charge in [0.25, 0.3) is 5.91 Å². The molecule has 4 aromatic rings. The molecule has 146 valence electrons. The third-order valence-corrected chi connectivity index (χ3v) is 4.94. The van der Waals surface area contributed by atoms with E-state index >= 15 is 0 Å². The monoisotopic (exact) mass is 395 g/mol. The summed E-state index contributed by atoms with van der Waals surface area (Å²) in [4.78, 5) is 29.7. The number of carboxylic acid groups (broad SMARTS) is 1. The summed E-state index contributed by atoms with van der Waals surface area (Å²) in [5.41, 5.74) is 2.94. The van der Waals surface area contributed by atoms with E-state index < -0.39 is 17.9 Å². The second-order valence-corrected chi connectivity index (χ2v) is 6.90. The first-order valence-electron chi connectivity index (χ1n) is 9.37. The Labute approximate surface area is 172 Å².